The Bertz CT molecular complexity index is 124. The number of rotatable bonds is 3. The van der Waals surface area contributed by atoms with Gasteiger partial charge in [0.05, 0.1) is 5.60 Å². The van der Waals surface area contributed by atoms with E-state index in [9.17, 15) is 4.79 Å². The van der Waals surface area contributed by atoms with Gasteiger partial charge in [0.1, 0.15) is 0 Å². The van der Waals surface area contributed by atoms with E-state index in [4.69, 9.17) is 9.47 Å². The minimum atomic E-state index is -0.242. The maximum absolute atomic E-state index is 10.6. The highest BCUT2D eigenvalue weighted by Crippen LogP contribution is 2.05. The lowest BCUT2D eigenvalue weighted by Crippen LogP contribution is -2.22. The molecule has 0 aromatic heterocycles. The second-order valence-corrected chi connectivity index (χ2v) is 3.24. The van der Waals surface area contributed by atoms with Crippen LogP contribution < -0.4 is 0 Å². The third kappa shape index (κ3) is 7.33. The van der Waals surface area contributed by atoms with Gasteiger partial charge in [-0.05, 0) is 20.8 Å². The summed E-state index contributed by atoms with van der Waals surface area (Å²) in [6.45, 7) is 7.53. The second-order valence-electron chi connectivity index (χ2n) is 3.24. The molecule has 3 heteroatoms. The van der Waals surface area contributed by atoms with E-state index in [1.54, 1.807) is 6.92 Å². The quantitative estimate of drug-likeness (QED) is 0.465. The summed E-state index contributed by atoms with van der Waals surface area (Å²) in [6.07, 6.45) is 0.396. The van der Waals surface area contributed by atoms with Crippen LogP contribution in [0.5, 0.6) is 0 Å². The van der Waals surface area contributed by atoms with Gasteiger partial charge in [0.15, 0.2) is 6.79 Å². The molecule has 0 amide bonds. The maximum Gasteiger partial charge on any atom is 0.307 e. The van der Waals surface area contributed by atoms with Crippen molar-refractivity contribution in [3.05, 3.63) is 0 Å². The highest BCUT2D eigenvalue weighted by atomic mass is 16.7. The molecule has 66 valence electrons. The van der Waals surface area contributed by atoms with E-state index in [1.807, 2.05) is 20.8 Å². The predicted molar refractivity (Wildman–Crippen MR) is 42.1 cm³/mol. The summed E-state index contributed by atoms with van der Waals surface area (Å²) in [7, 11) is 0. The fourth-order valence-corrected chi connectivity index (χ4v) is 0.374. The number of ether oxygens (including phenoxy) is 2. The van der Waals surface area contributed by atoms with Gasteiger partial charge in [-0.15, -0.1) is 0 Å². The molecule has 0 unspecified atom stereocenters. The Morgan fingerprint density at radius 3 is 2.27 bits per heavy atom. The molecule has 0 aromatic carbocycles. The van der Waals surface area contributed by atoms with E-state index >= 15 is 0 Å². The number of hydrogen-bond acceptors (Lipinski definition) is 3. The van der Waals surface area contributed by atoms with Crippen molar-refractivity contribution in [3.63, 3.8) is 0 Å². The van der Waals surface area contributed by atoms with E-state index in [0.717, 1.165) is 0 Å². The SMILES string of the molecule is CCC(=O)OCOC(C)(C)C. The zero-order chi connectivity index (χ0) is 8.91. The Kier molecular flexibility index (Phi) is 4.11. The molecule has 0 heterocycles. The van der Waals surface area contributed by atoms with Crippen molar-refractivity contribution in [2.45, 2.75) is 39.7 Å². The zero-order valence-corrected chi connectivity index (χ0v) is 7.64. The molecule has 0 saturated carbocycles. The molecule has 0 saturated heterocycles. The van der Waals surface area contributed by atoms with Crippen molar-refractivity contribution in [2.75, 3.05) is 6.79 Å². The van der Waals surface area contributed by atoms with Gasteiger partial charge in [0.25, 0.3) is 0 Å². The van der Waals surface area contributed by atoms with E-state index in [2.05, 4.69) is 0 Å². The molecular formula is C8H16O3. The van der Waals surface area contributed by atoms with Crippen LogP contribution in [0, 0.1) is 0 Å². The zero-order valence-electron chi connectivity index (χ0n) is 7.64. The van der Waals surface area contributed by atoms with Gasteiger partial charge in [-0.25, -0.2) is 0 Å². The summed E-state index contributed by atoms with van der Waals surface area (Å²) in [5.74, 6) is -0.228. The average Bonchev–Trinajstić information content (AvgIpc) is 1.85. The third-order valence-electron chi connectivity index (χ3n) is 1.00. The summed E-state index contributed by atoms with van der Waals surface area (Å²) in [5.41, 5.74) is -0.242. The molecule has 0 atom stereocenters. The molecular weight excluding hydrogens is 144 g/mol. The van der Waals surface area contributed by atoms with Crippen LogP contribution in [0.25, 0.3) is 0 Å². The van der Waals surface area contributed by atoms with Crippen LogP contribution in [-0.2, 0) is 14.3 Å². The fraction of sp³-hybridized carbons (Fsp3) is 0.875. The molecule has 11 heavy (non-hydrogen) atoms. The first-order valence-corrected chi connectivity index (χ1v) is 3.75. The first kappa shape index (κ1) is 10.4. The van der Waals surface area contributed by atoms with Crippen LogP contribution >= 0.6 is 0 Å². The van der Waals surface area contributed by atoms with Crippen LogP contribution in [0.2, 0.25) is 0 Å². The summed E-state index contributed by atoms with van der Waals surface area (Å²) < 4.78 is 9.86. The van der Waals surface area contributed by atoms with E-state index in [-0.39, 0.29) is 18.4 Å². The smallest absolute Gasteiger partial charge is 0.307 e. The van der Waals surface area contributed by atoms with Crippen molar-refractivity contribution in [1.82, 2.24) is 0 Å². The lowest BCUT2D eigenvalue weighted by molar-refractivity contribution is -0.166. The first-order chi connectivity index (χ1) is 4.95. The summed E-state index contributed by atoms with van der Waals surface area (Å²) in [5, 5.41) is 0. The Hall–Kier alpha value is -0.570. The Morgan fingerprint density at radius 1 is 1.36 bits per heavy atom. The van der Waals surface area contributed by atoms with Gasteiger partial charge in [-0.1, -0.05) is 6.92 Å². The predicted octanol–water partition coefficient (Wildman–Crippen LogP) is 1.71. The number of hydrogen-bond donors (Lipinski definition) is 0. The monoisotopic (exact) mass is 160 g/mol. The van der Waals surface area contributed by atoms with Crippen molar-refractivity contribution in [2.24, 2.45) is 0 Å². The van der Waals surface area contributed by atoms with Crippen LogP contribution in [0.15, 0.2) is 0 Å². The van der Waals surface area contributed by atoms with Crippen LogP contribution in [-0.4, -0.2) is 18.4 Å². The number of carbonyl (C=O) groups excluding carboxylic acids is 1. The van der Waals surface area contributed by atoms with Crippen molar-refractivity contribution in [3.8, 4) is 0 Å². The van der Waals surface area contributed by atoms with E-state index in [0.29, 0.717) is 6.42 Å². The fourth-order valence-electron chi connectivity index (χ4n) is 0.374. The van der Waals surface area contributed by atoms with Gasteiger partial charge >= 0.3 is 5.97 Å². The lowest BCUT2D eigenvalue weighted by Gasteiger charge is -2.18. The van der Waals surface area contributed by atoms with E-state index in [1.165, 1.54) is 0 Å². The van der Waals surface area contributed by atoms with Crippen molar-refractivity contribution >= 4 is 5.97 Å². The summed E-state index contributed by atoms with van der Waals surface area (Å²) in [4.78, 5) is 10.6. The molecule has 0 spiro atoms. The van der Waals surface area contributed by atoms with Crippen molar-refractivity contribution in [1.29, 1.82) is 0 Å². The molecule has 0 aliphatic carbocycles. The molecule has 0 fully saturated rings. The number of esters is 1. The highest BCUT2D eigenvalue weighted by molar-refractivity contribution is 5.68. The summed E-state index contributed by atoms with van der Waals surface area (Å²) in [6, 6.07) is 0. The average molecular weight is 160 g/mol. The van der Waals surface area contributed by atoms with Crippen molar-refractivity contribution < 1.29 is 14.3 Å². The maximum atomic E-state index is 10.6. The van der Waals surface area contributed by atoms with Gasteiger partial charge < -0.3 is 9.47 Å². The standard InChI is InChI=1S/C8H16O3/c1-5-7(9)10-6-11-8(2,3)4/h5-6H2,1-4H3. The number of carbonyl (C=O) groups is 1. The van der Waals surface area contributed by atoms with E-state index < -0.39 is 0 Å². The topological polar surface area (TPSA) is 35.5 Å². The second kappa shape index (κ2) is 4.34. The molecule has 0 bridgehead atoms. The molecule has 3 nitrogen and oxygen atoms in total. The molecule has 0 radical (unpaired) electrons. The Balaban J connectivity index is 3.35. The molecule has 0 aliphatic heterocycles. The first-order valence-electron chi connectivity index (χ1n) is 3.75. The minimum absolute atomic E-state index is 0.0518. The molecule has 0 aromatic rings. The Morgan fingerprint density at radius 2 is 1.91 bits per heavy atom. The molecule has 0 rings (SSSR count). The molecule has 0 aliphatic rings. The van der Waals surface area contributed by atoms with Gasteiger partial charge in [-0.3, -0.25) is 4.79 Å². The van der Waals surface area contributed by atoms with Gasteiger partial charge in [0.2, 0.25) is 0 Å². The van der Waals surface area contributed by atoms with Gasteiger partial charge in [0, 0.05) is 6.42 Å². The highest BCUT2D eigenvalue weighted by Gasteiger charge is 2.10. The summed E-state index contributed by atoms with van der Waals surface area (Å²) >= 11 is 0. The lowest BCUT2D eigenvalue weighted by atomic mass is 10.2. The largest absolute Gasteiger partial charge is 0.438 e. The van der Waals surface area contributed by atoms with Crippen LogP contribution in [0.1, 0.15) is 34.1 Å². The third-order valence-corrected chi connectivity index (χ3v) is 1.00. The minimum Gasteiger partial charge on any atom is -0.438 e. The van der Waals surface area contributed by atoms with Crippen LogP contribution in [0.4, 0.5) is 0 Å². The normalized spacial score (nSPS) is 11.3. The Labute approximate surface area is 67.7 Å². The molecule has 0 N–H and O–H groups in total. The van der Waals surface area contributed by atoms with Crippen LogP contribution in [0.3, 0.4) is 0 Å². The van der Waals surface area contributed by atoms with Gasteiger partial charge in [-0.2, -0.15) is 0 Å².